The Labute approximate surface area is 111 Å². The highest BCUT2D eigenvalue weighted by molar-refractivity contribution is 5.22. The lowest BCUT2D eigenvalue weighted by Gasteiger charge is -2.15. The average Bonchev–Trinajstić information content (AvgIpc) is 3.16. The van der Waals surface area contributed by atoms with E-state index in [2.05, 4.69) is 48.5 Å². The minimum Gasteiger partial charge on any atom is -0.314 e. The first-order valence-corrected chi connectivity index (χ1v) is 7.27. The molecular formula is C16H26N2. The van der Waals surface area contributed by atoms with E-state index >= 15 is 0 Å². The predicted molar refractivity (Wildman–Crippen MR) is 77.8 cm³/mol. The maximum Gasteiger partial charge on any atom is 0.0230 e. The molecule has 2 nitrogen and oxygen atoms in total. The molecular weight excluding hydrogens is 220 g/mol. The SMILES string of the molecule is CCCN(C)Cc1ccc(CCNC2CC2)cc1. The van der Waals surface area contributed by atoms with Crippen molar-refractivity contribution in [2.75, 3.05) is 20.1 Å². The molecule has 1 aliphatic carbocycles. The maximum atomic E-state index is 3.56. The van der Waals surface area contributed by atoms with Crippen molar-refractivity contribution in [3.8, 4) is 0 Å². The van der Waals surface area contributed by atoms with Crippen LogP contribution in [0.4, 0.5) is 0 Å². The Bertz CT molecular complexity index is 341. The van der Waals surface area contributed by atoms with Gasteiger partial charge in [-0.2, -0.15) is 0 Å². The summed E-state index contributed by atoms with van der Waals surface area (Å²) in [6.45, 7) is 5.59. The highest BCUT2D eigenvalue weighted by Gasteiger charge is 2.19. The maximum absolute atomic E-state index is 3.56. The largest absolute Gasteiger partial charge is 0.314 e. The van der Waals surface area contributed by atoms with Crippen molar-refractivity contribution in [3.63, 3.8) is 0 Å². The van der Waals surface area contributed by atoms with Gasteiger partial charge >= 0.3 is 0 Å². The van der Waals surface area contributed by atoms with Crippen LogP contribution in [0.2, 0.25) is 0 Å². The van der Waals surface area contributed by atoms with Crippen molar-refractivity contribution < 1.29 is 0 Å². The normalized spacial score (nSPS) is 15.3. The summed E-state index contributed by atoms with van der Waals surface area (Å²) in [4.78, 5) is 2.38. The van der Waals surface area contributed by atoms with Crippen molar-refractivity contribution in [2.45, 2.75) is 45.2 Å². The topological polar surface area (TPSA) is 15.3 Å². The van der Waals surface area contributed by atoms with Gasteiger partial charge in [0.2, 0.25) is 0 Å². The number of nitrogens with zero attached hydrogens (tertiary/aromatic N) is 1. The van der Waals surface area contributed by atoms with Crippen LogP contribution in [-0.2, 0) is 13.0 Å². The molecule has 2 heteroatoms. The summed E-state index contributed by atoms with van der Waals surface area (Å²) in [5.41, 5.74) is 2.87. The summed E-state index contributed by atoms with van der Waals surface area (Å²) in [7, 11) is 2.19. The van der Waals surface area contributed by atoms with Gasteiger partial charge in [-0.05, 0) is 56.9 Å². The summed E-state index contributed by atoms with van der Waals surface area (Å²) in [6, 6.07) is 9.94. The number of rotatable bonds is 8. The van der Waals surface area contributed by atoms with Gasteiger partial charge in [0, 0.05) is 12.6 Å². The van der Waals surface area contributed by atoms with Crippen LogP contribution in [0.1, 0.15) is 37.3 Å². The zero-order chi connectivity index (χ0) is 12.8. The predicted octanol–water partition coefficient (Wildman–Crippen LogP) is 2.82. The molecule has 0 radical (unpaired) electrons. The number of benzene rings is 1. The molecule has 0 spiro atoms. The second-order valence-corrected chi connectivity index (χ2v) is 5.53. The Morgan fingerprint density at radius 1 is 1.17 bits per heavy atom. The molecule has 0 atom stereocenters. The fraction of sp³-hybridized carbons (Fsp3) is 0.625. The van der Waals surface area contributed by atoms with Crippen molar-refractivity contribution >= 4 is 0 Å². The third kappa shape index (κ3) is 4.79. The fourth-order valence-corrected chi connectivity index (χ4v) is 2.29. The second kappa shape index (κ2) is 6.91. The molecule has 1 aromatic rings. The van der Waals surface area contributed by atoms with Crippen LogP contribution in [0.15, 0.2) is 24.3 Å². The van der Waals surface area contributed by atoms with E-state index in [9.17, 15) is 0 Å². The lowest BCUT2D eigenvalue weighted by molar-refractivity contribution is 0.327. The van der Waals surface area contributed by atoms with E-state index in [-0.39, 0.29) is 0 Å². The molecule has 18 heavy (non-hydrogen) atoms. The van der Waals surface area contributed by atoms with E-state index in [1.807, 2.05) is 0 Å². The zero-order valence-corrected chi connectivity index (χ0v) is 11.8. The van der Waals surface area contributed by atoms with Crippen LogP contribution in [0.3, 0.4) is 0 Å². The fourth-order valence-electron chi connectivity index (χ4n) is 2.29. The van der Waals surface area contributed by atoms with Gasteiger partial charge in [-0.15, -0.1) is 0 Å². The van der Waals surface area contributed by atoms with Crippen molar-refractivity contribution in [1.82, 2.24) is 10.2 Å². The van der Waals surface area contributed by atoms with Gasteiger partial charge in [-0.1, -0.05) is 31.2 Å². The second-order valence-electron chi connectivity index (χ2n) is 5.53. The summed E-state index contributed by atoms with van der Waals surface area (Å²) < 4.78 is 0. The van der Waals surface area contributed by atoms with Gasteiger partial charge in [0.25, 0.3) is 0 Å². The molecule has 1 saturated carbocycles. The van der Waals surface area contributed by atoms with Gasteiger partial charge in [-0.25, -0.2) is 0 Å². The van der Waals surface area contributed by atoms with Crippen LogP contribution in [-0.4, -0.2) is 31.1 Å². The van der Waals surface area contributed by atoms with Crippen LogP contribution in [0.25, 0.3) is 0 Å². The third-order valence-electron chi connectivity index (χ3n) is 3.50. The Hall–Kier alpha value is -0.860. The molecule has 1 N–H and O–H groups in total. The van der Waals surface area contributed by atoms with E-state index in [0.717, 1.165) is 25.6 Å². The molecule has 1 fully saturated rings. The van der Waals surface area contributed by atoms with E-state index in [4.69, 9.17) is 0 Å². The molecule has 0 aliphatic heterocycles. The minimum absolute atomic E-state index is 0.826. The molecule has 2 rings (SSSR count). The van der Waals surface area contributed by atoms with Gasteiger partial charge < -0.3 is 10.2 Å². The van der Waals surface area contributed by atoms with E-state index in [1.165, 1.54) is 36.9 Å². The lowest BCUT2D eigenvalue weighted by atomic mass is 10.1. The smallest absolute Gasteiger partial charge is 0.0230 e. The van der Waals surface area contributed by atoms with Gasteiger partial charge in [0.1, 0.15) is 0 Å². The molecule has 0 saturated heterocycles. The van der Waals surface area contributed by atoms with Crippen LogP contribution in [0, 0.1) is 0 Å². The highest BCUT2D eigenvalue weighted by Crippen LogP contribution is 2.18. The van der Waals surface area contributed by atoms with E-state index < -0.39 is 0 Å². The van der Waals surface area contributed by atoms with E-state index in [1.54, 1.807) is 0 Å². The first-order valence-electron chi connectivity index (χ1n) is 7.27. The average molecular weight is 246 g/mol. The first kappa shape index (κ1) is 13.6. The summed E-state index contributed by atoms with van der Waals surface area (Å²) in [5.74, 6) is 0. The zero-order valence-electron chi connectivity index (χ0n) is 11.8. The molecule has 0 heterocycles. The Morgan fingerprint density at radius 3 is 2.44 bits per heavy atom. The molecule has 1 aliphatic rings. The Morgan fingerprint density at radius 2 is 1.83 bits per heavy atom. The summed E-state index contributed by atoms with van der Waals surface area (Å²) in [6.07, 6.45) is 5.13. The van der Waals surface area contributed by atoms with E-state index in [0.29, 0.717) is 0 Å². The molecule has 0 amide bonds. The molecule has 0 unspecified atom stereocenters. The van der Waals surface area contributed by atoms with Crippen LogP contribution in [0.5, 0.6) is 0 Å². The van der Waals surface area contributed by atoms with Crippen LogP contribution < -0.4 is 5.32 Å². The number of hydrogen-bond donors (Lipinski definition) is 1. The monoisotopic (exact) mass is 246 g/mol. The molecule has 1 aromatic carbocycles. The number of hydrogen-bond acceptors (Lipinski definition) is 2. The van der Waals surface area contributed by atoms with Crippen molar-refractivity contribution in [1.29, 1.82) is 0 Å². The minimum atomic E-state index is 0.826. The molecule has 0 bridgehead atoms. The van der Waals surface area contributed by atoms with Gasteiger partial charge in [0.15, 0.2) is 0 Å². The Kier molecular flexibility index (Phi) is 5.21. The number of nitrogens with one attached hydrogen (secondary N) is 1. The van der Waals surface area contributed by atoms with Crippen molar-refractivity contribution in [3.05, 3.63) is 35.4 Å². The first-order chi connectivity index (χ1) is 8.78. The van der Waals surface area contributed by atoms with Crippen molar-refractivity contribution in [2.24, 2.45) is 0 Å². The quantitative estimate of drug-likeness (QED) is 0.759. The summed E-state index contributed by atoms with van der Waals surface area (Å²) in [5, 5.41) is 3.56. The Balaban J connectivity index is 1.73. The molecule has 0 aromatic heterocycles. The standard InChI is InChI=1S/C16H26N2/c1-3-12-18(2)13-15-6-4-14(5-7-15)10-11-17-16-8-9-16/h4-7,16-17H,3,8-13H2,1-2H3. The summed E-state index contributed by atoms with van der Waals surface area (Å²) >= 11 is 0. The van der Waals surface area contributed by atoms with Gasteiger partial charge in [0.05, 0.1) is 0 Å². The molecule has 100 valence electrons. The third-order valence-corrected chi connectivity index (χ3v) is 3.50. The van der Waals surface area contributed by atoms with Gasteiger partial charge in [-0.3, -0.25) is 0 Å². The highest BCUT2D eigenvalue weighted by atomic mass is 15.1. The lowest BCUT2D eigenvalue weighted by Crippen LogP contribution is -2.19. The van der Waals surface area contributed by atoms with Crippen LogP contribution >= 0.6 is 0 Å².